The molecule has 20 heavy (non-hydrogen) atoms. The average molecular weight is 361 g/mol. The van der Waals surface area contributed by atoms with Gasteiger partial charge < -0.3 is 10.5 Å². The van der Waals surface area contributed by atoms with Crippen LogP contribution in [0.15, 0.2) is 16.6 Å². The van der Waals surface area contributed by atoms with E-state index in [1.165, 1.54) is 6.07 Å². The normalized spacial score (nSPS) is 10.3. The largest absolute Gasteiger partial charge is 0.416 e. The Kier molecular flexibility index (Phi) is 4.00. The fourth-order valence-corrected chi connectivity index (χ4v) is 2.18. The summed E-state index contributed by atoms with van der Waals surface area (Å²) in [5, 5.41) is 10.9. The van der Waals surface area contributed by atoms with Crippen molar-refractivity contribution in [3.05, 3.63) is 37.6 Å². The maximum atomic E-state index is 11.1. The second kappa shape index (κ2) is 5.55. The van der Waals surface area contributed by atoms with Gasteiger partial charge in [-0.3, -0.25) is 10.1 Å². The van der Waals surface area contributed by atoms with Crippen molar-refractivity contribution in [3.63, 3.8) is 0 Å². The van der Waals surface area contributed by atoms with E-state index in [0.717, 1.165) is 0 Å². The number of nitrogens with zero attached hydrogens (tertiary/aromatic N) is 4. The van der Waals surface area contributed by atoms with E-state index < -0.39 is 4.92 Å². The van der Waals surface area contributed by atoms with Crippen LogP contribution in [0.3, 0.4) is 0 Å². The van der Waals surface area contributed by atoms with Crippen LogP contribution in [0.5, 0.6) is 11.8 Å². The van der Waals surface area contributed by atoms with Crippen LogP contribution in [0, 0.1) is 17.0 Å². The minimum absolute atomic E-state index is 0.0138. The van der Waals surface area contributed by atoms with Crippen molar-refractivity contribution in [2.45, 2.75) is 6.92 Å². The van der Waals surface area contributed by atoms with E-state index in [1.54, 1.807) is 13.0 Å². The molecule has 104 valence electrons. The summed E-state index contributed by atoms with van der Waals surface area (Å²) in [7, 11) is 0. The number of anilines is 1. The standard InChI is InChI=1S/C10H7BrClN5O3/c1-4-2-5(11)3-6(17(18)19)7(4)20-10-15-8(12)14-9(13)16-10/h2-3H,1H3,(H2,13,14,15,16). The molecule has 8 nitrogen and oxygen atoms in total. The first kappa shape index (κ1) is 14.4. The molecule has 10 heteroatoms. The summed E-state index contributed by atoms with van der Waals surface area (Å²) in [6.07, 6.45) is 0. The number of hydrogen-bond acceptors (Lipinski definition) is 7. The number of nitrogen functional groups attached to an aromatic ring is 1. The minimum atomic E-state index is -0.570. The predicted molar refractivity (Wildman–Crippen MR) is 74.9 cm³/mol. The van der Waals surface area contributed by atoms with Crippen molar-refractivity contribution in [1.29, 1.82) is 0 Å². The first-order valence-corrected chi connectivity index (χ1v) is 6.33. The molecule has 2 rings (SSSR count). The summed E-state index contributed by atoms with van der Waals surface area (Å²) in [5.41, 5.74) is 5.70. The van der Waals surface area contributed by atoms with Crippen LogP contribution in [0.4, 0.5) is 11.6 Å². The molecule has 1 aromatic carbocycles. The maximum absolute atomic E-state index is 11.1. The first-order chi connectivity index (χ1) is 9.36. The van der Waals surface area contributed by atoms with E-state index in [2.05, 4.69) is 30.9 Å². The number of aryl methyl sites for hydroxylation is 1. The molecule has 0 spiro atoms. The van der Waals surface area contributed by atoms with Gasteiger partial charge >= 0.3 is 11.7 Å². The number of rotatable bonds is 3. The molecule has 0 amide bonds. The van der Waals surface area contributed by atoms with Crippen LogP contribution >= 0.6 is 27.5 Å². The minimum Gasteiger partial charge on any atom is -0.416 e. The fourth-order valence-electron chi connectivity index (χ4n) is 1.46. The third-order valence-corrected chi connectivity index (χ3v) is 2.84. The van der Waals surface area contributed by atoms with E-state index in [0.29, 0.717) is 10.0 Å². The van der Waals surface area contributed by atoms with Crippen molar-refractivity contribution in [2.24, 2.45) is 0 Å². The van der Waals surface area contributed by atoms with E-state index in [-0.39, 0.29) is 28.7 Å². The number of aromatic nitrogens is 3. The van der Waals surface area contributed by atoms with Crippen LogP contribution in [0.25, 0.3) is 0 Å². The van der Waals surface area contributed by atoms with E-state index in [9.17, 15) is 10.1 Å². The van der Waals surface area contributed by atoms with Gasteiger partial charge in [0.15, 0.2) is 0 Å². The van der Waals surface area contributed by atoms with Gasteiger partial charge in [-0.15, -0.1) is 0 Å². The van der Waals surface area contributed by atoms with Crippen molar-refractivity contribution in [2.75, 3.05) is 5.73 Å². The molecule has 0 aliphatic rings. The molecule has 0 saturated carbocycles. The van der Waals surface area contributed by atoms with Gasteiger partial charge in [0.2, 0.25) is 17.0 Å². The van der Waals surface area contributed by atoms with Gasteiger partial charge in [-0.05, 0) is 24.6 Å². The van der Waals surface area contributed by atoms with Gasteiger partial charge in [-0.1, -0.05) is 15.9 Å². The van der Waals surface area contributed by atoms with Crippen LogP contribution in [0.1, 0.15) is 5.56 Å². The van der Waals surface area contributed by atoms with E-state index in [4.69, 9.17) is 22.1 Å². The second-order valence-corrected chi connectivity index (χ2v) is 4.93. The molecule has 0 atom stereocenters. The summed E-state index contributed by atoms with van der Waals surface area (Å²) in [4.78, 5) is 21.5. The highest BCUT2D eigenvalue weighted by Crippen LogP contribution is 2.36. The van der Waals surface area contributed by atoms with Crippen LogP contribution in [-0.4, -0.2) is 19.9 Å². The van der Waals surface area contributed by atoms with Crippen molar-refractivity contribution >= 4 is 39.2 Å². The molecule has 0 bridgehead atoms. The summed E-state index contributed by atoms with van der Waals surface area (Å²) in [6, 6.07) is 2.76. The molecular formula is C10H7BrClN5O3. The molecule has 2 N–H and O–H groups in total. The number of benzene rings is 1. The molecule has 0 unspecified atom stereocenters. The molecule has 0 aliphatic heterocycles. The average Bonchev–Trinajstić information content (AvgIpc) is 2.30. The van der Waals surface area contributed by atoms with Crippen molar-refractivity contribution in [1.82, 2.24) is 15.0 Å². The lowest BCUT2D eigenvalue weighted by Crippen LogP contribution is -2.02. The maximum Gasteiger partial charge on any atom is 0.328 e. The van der Waals surface area contributed by atoms with Crippen LogP contribution in [-0.2, 0) is 0 Å². The predicted octanol–water partition coefficient (Wildman–Crippen LogP) is 2.88. The zero-order chi connectivity index (χ0) is 14.9. The Hall–Kier alpha value is -2.00. The number of nitro groups is 1. The van der Waals surface area contributed by atoms with Crippen molar-refractivity contribution < 1.29 is 9.66 Å². The summed E-state index contributed by atoms with van der Waals surface area (Å²) >= 11 is 8.80. The van der Waals surface area contributed by atoms with E-state index >= 15 is 0 Å². The number of nitro benzene ring substituents is 1. The Morgan fingerprint density at radius 3 is 2.70 bits per heavy atom. The molecule has 1 aromatic heterocycles. The smallest absolute Gasteiger partial charge is 0.328 e. The van der Waals surface area contributed by atoms with Gasteiger partial charge in [0.1, 0.15) is 0 Å². The number of hydrogen-bond donors (Lipinski definition) is 1. The molecule has 1 heterocycles. The lowest BCUT2D eigenvalue weighted by molar-refractivity contribution is -0.385. The highest BCUT2D eigenvalue weighted by molar-refractivity contribution is 9.10. The Balaban J connectivity index is 2.50. The van der Waals surface area contributed by atoms with Gasteiger partial charge in [0.05, 0.1) is 4.92 Å². The molecule has 0 fully saturated rings. The summed E-state index contributed by atoms with van der Waals surface area (Å²) in [5.74, 6) is -0.128. The Labute approximate surface area is 126 Å². The molecule has 2 aromatic rings. The molecule has 0 radical (unpaired) electrons. The van der Waals surface area contributed by atoms with Gasteiger partial charge in [-0.2, -0.15) is 15.0 Å². The Morgan fingerprint density at radius 1 is 1.40 bits per heavy atom. The Morgan fingerprint density at radius 2 is 2.10 bits per heavy atom. The molecule has 0 saturated heterocycles. The number of nitrogens with two attached hydrogens (primary N) is 1. The van der Waals surface area contributed by atoms with E-state index in [1.807, 2.05) is 0 Å². The van der Waals surface area contributed by atoms with Crippen LogP contribution < -0.4 is 10.5 Å². The monoisotopic (exact) mass is 359 g/mol. The van der Waals surface area contributed by atoms with Crippen LogP contribution in [0.2, 0.25) is 5.28 Å². The lowest BCUT2D eigenvalue weighted by atomic mass is 10.2. The van der Waals surface area contributed by atoms with Gasteiger partial charge in [0, 0.05) is 16.1 Å². The lowest BCUT2D eigenvalue weighted by Gasteiger charge is -2.08. The van der Waals surface area contributed by atoms with Gasteiger partial charge in [-0.25, -0.2) is 0 Å². The number of ether oxygens (including phenoxy) is 1. The fraction of sp³-hybridized carbons (Fsp3) is 0.100. The van der Waals surface area contributed by atoms with Gasteiger partial charge in [0.25, 0.3) is 0 Å². The second-order valence-electron chi connectivity index (χ2n) is 3.68. The third kappa shape index (κ3) is 3.11. The Bertz CT molecular complexity index is 677. The zero-order valence-corrected chi connectivity index (χ0v) is 12.3. The molecule has 0 aliphatic carbocycles. The highest BCUT2D eigenvalue weighted by atomic mass is 79.9. The topological polar surface area (TPSA) is 117 Å². The van der Waals surface area contributed by atoms with Crippen molar-refractivity contribution in [3.8, 4) is 11.8 Å². The quantitative estimate of drug-likeness (QED) is 0.660. The third-order valence-electron chi connectivity index (χ3n) is 2.21. The molecular weight excluding hydrogens is 353 g/mol. The summed E-state index contributed by atoms with van der Waals surface area (Å²) < 4.78 is 5.89. The number of halogens is 2. The first-order valence-electron chi connectivity index (χ1n) is 5.16. The summed E-state index contributed by atoms with van der Waals surface area (Å²) in [6.45, 7) is 1.65. The SMILES string of the molecule is Cc1cc(Br)cc([N+](=O)[O-])c1Oc1nc(N)nc(Cl)n1. The highest BCUT2D eigenvalue weighted by Gasteiger charge is 2.21. The zero-order valence-electron chi connectivity index (χ0n) is 10.0.